The van der Waals surface area contributed by atoms with Crippen molar-refractivity contribution >= 4 is 0 Å². The van der Waals surface area contributed by atoms with Gasteiger partial charge in [-0.1, -0.05) is 0 Å². The van der Waals surface area contributed by atoms with Gasteiger partial charge in [0.05, 0.1) is 24.4 Å². The molecule has 2 saturated heterocycles. The zero-order chi connectivity index (χ0) is 7.45. The normalized spacial score (nSPS) is 80.0. The van der Waals surface area contributed by atoms with E-state index in [9.17, 15) is 0 Å². The zero-order valence-corrected chi connectivity index (χ0v) is 6.85. The summed E-state index contributed by atoms with van der Waals surface area (Å²) in [6.45, 7) is 0. The van der Waals surface area contributed by atoms with Gasteiger partial charge in [-0.3, -0.25) is 0 Å². The van der Waals surface area contributed by atoms with Crippen LogP contribution in [-0.2, 0) is 9.47 Å². The molecule has 2 heteroatoms. The van der Waals surface area contributed by atoms with Crippen molar-refractivity contribution in [1.29, 1.82) is 0 Å². The molecule has 12 heavy (non-hydrogen) atoms. The Hall–Kier alpha value is -0.0800. The van der Waals surface area contributed by atoms with Gasteiger partial charge in [-0.25, -0.2) is 0 Å². The van der Waals surface area contributed by atoms with E-state index >= 15 is 0 Å². The van der Waals surface area contributed by atoms with Gasteiger partial charge in [-0.05, 0) is 36.5 Å². The summed E-state index contributed by atoms with van der Waals surface area (Å²) in [5.74, 6) is 3.77. The molecule has 0 aromatic carbocycles. The van der Waals surface area contributed by atoms with E-state index in [0.717, 1.165) is 23.7 Å². The zero-order valence-electron chi connectivity index (χ0n) is 6.85. The number of rotatable bonds is 0. The van der Waals surface area contributed by atoms with Gasteiger partial charge in [0.15, 0.2) is 0 Å². The fourth-order valence-corrected chi connectivity index (χ4v) is 4.58. The average molecular weight is 164 g/mol. The minimum absolute atomic E-state index is 0.676. The number of ether oxygens (including phenoxy) is 2. The molecule has 0 radical (unpaired) electrons. The predicted octanol–water partition coefficient (Wildman–Crippen LogP) is 0.807. The van der Waals surface area contributed by atoms with Gasteiger partial charge < -0.3 is 9.47 Å². The monoisotopic (exact) mass is 164 g/mol. The molecule has 0 amide bonds. The largest absolute Gasteiger partial charge is 0.369 e. The SMILES string of the molecule is C1[C@@H]2[C@H]3C[C@H]4O[C@@H]4[C@@H]3[C@@H]1[C@H]1O[C@H]21. The molecule has 0 spiro atoms. The Balaban J connectivity index is 1.66. The van der Waals surface area contributed by atoms with Crippen molar-refractivity contribution in [2.75, 3.05) is 0 Å². The van der Waals surface area contributed by atoms with Crippen LogP contribution in [0, 0.1) is 23.7 Å². The van der Waals surface area contributed by atoms with Crippen LogP contribution in [0.5, 0.6) is 0 Å². The summed E-state index contributed by atoms with van der Waals surface area (Å²) in [4.78, 5) is 0. The molecular weight excluding hydrogens is 152 g/mol. The van der Waals surface area contributed by atoms with Crippen LogP contribution in [0.4, 0.5) is 0 Å². The maximum atomic E-state index is 5.69. The van der Waals surface area contributed by atoms with E-state index in [2.05, 4.69) is 0 Å². The lowest BCUT2D eigenvalue weighted by Gasteiger charge is -2.22. The molecule has 8 atom stereocenters. The maximum Gasteiger partial charge on any atom is 0.0876 e. The second-order valence-electron chi connectivity index (χ2n) is 5.24. The van der Waals surface area contributed by atoms with E-state index in [1.54, 1.807) is 0 Å². The summed E-state index contributed by atoms with van der Waals surface area (Å²) >= 11 is 0. The minimum atomic E-state index is 0.676. The Bertz CT molecular complexity index is 273. The highest BCUT2D eigenvalue weighted by molar-refractivity contribution is 5.21. The van der Waals surface area contributed by atoms with Crippen LogP contribution >= 0.6 is 0 Å². The van der Waals surface area contributed by atoms with Crippen LogP contribution in [0.3, 0.4) is 0 Å². The molecular formula is C10H12O2. The van der Waals surface area contributed by atoms with Gasteiger partial charge >= 0.3 is 0 Å². The molecule has 0 aromatic rings. The van der Waals surface area contributed by atoms with Crippen molar-refractivity contribution in [1.82, 2.24) is 0 Å². The van der Waals surface area contributed by atoms with Crippen molar-refractivity contribution in [2.45, 2.75) is 37.3 Å². The van der Waals surface area contributed by atoms with E-state index in [-0.39, 0.29) is 0 Å². The van der Waals surface area contributed by atoms with Crippen molar-refractivity contribution in [3.63, 3.8) is 0 Å². The highest BCUT2D eigenvalue weighted by atomic mass is 16.6. The van der Waals surface area contributed by atoms with Crippen LogP contribution in [0.2, 0.25) is 0 Å². The number of hydrogen-bond donors (Lipinski definition) is 0. The third kappa shape index (κ3) is 0.409. The molecule has 3 aliphatic carbocycles. The molecule has 0 unspecified atom stereocenters. The summed E-state index contributed by atoms with van der Waals surface area (Å²) in [5.41, 5.74) is 0. The maximum absolute atomic E-state index is 5.69. The molecule has 2 aliphatic heterocycles. The number of epoxide rings is 2. The van der Waals surface area contributed by atoms with Crippen LogP contribution in [0.15, 0.2) is 0 Å². The van der Waals surface area contributed by atoms with Crippen molar-refractivity contribution < 1.29 is 9.47 Å². The first-order chi connectivity index (χ1) is 5.93. The minimum Gasteiger partial charge on any atom is -0.369 e. The Morgan fingerprint density at radius 3 is 2.67 bits per heavy atom. The van der Waals surface area contributed by atoms with Crippen molar-refractivity contribution in [2.24, 2.45) is 23.7 Å². The second kappa shape index (κ2) is 1.38. The van der Waals surface area contributed by atoms with E-state index < -0.39 is 0 Å². The quantitative estimate of drug-likeness (QED) is 0.495. The topological polar surface area (TPSA) is 25.1 Å². The standard InChI is InChI=1S/C10H12O2/c1-4-3-2-6-10(11-6)7(3)5(1)9-8(4)12-9/h3-10H,1-2H2/t3-,4-,5-,6-,7+,8-,9-,10+/m1/s1. The van der Waals surface area contributed by atoms with Crippen LogP contribution in [-0.4, -0.2) is 24.4 Å². The van der Waals surface area contributed by atoms with Gasteiger partial charge in [0.1, 0.15) is 0 Å². The van der Waals surface area contributed by atoms with Gasteiger partial charge in [-0.2, -0.15) is 0 Å². The lowest BCUT2D eigenvalue weighted by molar-refractivity contribution is 0.162. The lowest BCUT2D eigenvalue weighted by atomic mass is 9.81. The summed E-state index contributed by atoms with van der Waals surface area (Å²) < 4.78 is 11.3. The van der Waals surface area contributed by atoms with Gasteiger partial charge in [0.25, 0.3) is 0 Å². The summed E-state index contributed by atoms with van der Waals surface area (Å²) in [6, 6.07) is 0. The predicted molar refractivity (Wildman–Crippen MR) is 40.5 cm³/mol. The number of fused-ring (bicyclic) bond motifs is 10. The van der Waals surface area contributed by atoms with Gasteiger partial charge in [0.2, 0.25) is 0 Å². The molecule has 5 rings (SSSR count). The molecule has 2 nitrogen and oxygen atoms in total. The molecule has 5 aliphatic rings. The average Bonchev–Trinajstić information content (AvgIpc) is 2.92. The van der Waals surface area contributed by atoms with Crippen molar-refractivity contribution in [3.8, 4) is 0 Å². The van der Waals surface area contributed by atoms with E-state index in [4.69, 9.17) is 9.47 Å². The van der Waals surface area contributed by atoms with Crippen molar-refractivity contribution in [3.05, 3.63) is 0 Å². The first kappa shape index (κ1) is 5.61. The number of hydrogen-bond acceptors (Lipinski definition) is 2. The van der Waals surface area contributed by atoms with E-state index in [0.29, 0.717) is 24.4 Å². The molecule has 0 N–H and O–H groups in total. The molecule has 2 bridgehead atoms. The van der Waals surface area contributed by atoms with E-state index in [1.165, 1.54) is 12.8 Å². The Labute approximate surface area is 71.2 Å². The van der Waals surface area contributed by atoms with Crippen LogP contribution in [0.25, 0.3) is 0 Å². The molecule has 3 saturated carbocycles. The Morgan fingerprint density at radius 2 is 1.67 bits per heavy atom. The van der Waals surface area contributed by atoms with E-state index in [1.807, 2.05) is 0 Å². The second-order valence-corrected chi connectivity index (χ2v) is 5.24. The van der Waals surface area contributed by atoms with Gasteiger partial charge in [-0.15, -0.1) is 0 Å². The lowest BCUT2D eigenvalue weighted by Crippen LogP contribution is -2.27. The fourth-order valence-electron chi connectivity index (χ4n) is 4.58. The Kier molecular flexibility index (Phi) is 0.644. The summed E-state index contributed by atoms with van der Waals surface area (Å²) in [5, 5.41) is 0. The molecule has 2 heterocycles. The van der Waals surface area contributed by atoms with Crippen LogP contribution in [0.1, 0.15) is 12.8 Å². The summed E-state index contributed by atoms with van der Waals surface area (Å²) in [6.07, 6.45) is 5.58. The molecule has 0 aromatic heterocycles. The van der Waals surface area contributed by atoms with Gasteiger partial charge in [0, 0.05) is 0 Å². The Morgan fingerprint density at radius 1 is 0.750 bits per heavy atom. The summed E-state index contributed by atoms with van der Waals surface area (Å²) in [7, 11) is 0. The first-order valence-electron chi connectivity index (χ1n) is 5.24. The van der Waals surface area contributed by atoms with Crippen LogP contribution < -0.4 is 0 Å². The smallest absolute Gasteiger partial charge is 0.0876 e. The third-order valence-electron chi connectivity index (χ3n) is 4.99. The molecule has 5 fully saturated rings. The first-order valence-corrected chi connectivity index (χ1v) is 5.24. The third-order valence-corrected chi connectivity index (χ3v) is 4.99. The highest BCUT2D eigenvalue weighted by Gasteiger charge is 2.74. The fraction of sp³-hybridized carbons (Fsp3) is 1.00. The molecule has 64 valence electrons. The highest BCUT2D eigenvalue weighted by Crippen LogP contribution is 2.69.